The average molecular weight is 413 g/mol. The van der Waals surface area contributed by atoms with Crippen LogP contribution in [0.4, 0.5) is 10.1 Å². The molecule has 0 saturated carbocycles. The summed E-state index contributed by atoms with van der Waals surface area (Å²) >= 11 is 6.31. The highest BCUT2D eigenvalue weighted by Gasteiger charge is 2.30. The zero-order valence-corrected chi connectivity index (χ0v) is 16.9. The molecule has 5 nitrogen and oxygen atoms in total. The summed E-state index contributed by atoms with van der Waals surface area (Å²) in [6.07, 6.45) is 1.61. The van der Waals surface area contributed by atoms with Crippen LogP contribution in [0.1, 0.15) is 22.7 Å². The second-order valence-electron chi connectivity index (χ2n) is 7.32. The number of aromatic nitrogens is 2. The molecular weight excluding hydrogens is 391 g/mol. The molecule has 1 aromatic heterocycles. The highest BCUT2D eigenvalue weighted by Crippen LogP contribution is 2.33. The Labute approximate surface area is 173 Å². The van der Waals surface area contributed by atoms with E-state index in [1.807, 2.05) is 31.2 Å². The standard InChI is InChI=1S/C22H22ClFN4O/c1-15-11-18(24)8-7-17(15)13-27-9-10-28(19-12-25-26-22(29)21(19)23)20(14-27)16-5-3-2-4-6-16/h2-8,11-12,20H,9-10,13-14H2,1H3,(H,26,29). The highest BCUT2D eigenvalue weighted by molar-refractivity contribution is 6.33. The molecule has 1 unspecified atom stereocenters. The van der Waals surface area contributed by atoms with Crippen LogP contribution >= 0.6 is 11.6 Å². The van der Waals surface area contributed by atoms with Gasteiger partial charge in [-0.2, -0.15) is 5.10 Å². The second-order valence-corrected chi connectivity index (χ2v) is 7.70. The zero-order chi connectivity index (χ0) is 20.4. The van der Waals surface area contributed by atoms with E-state index in [1.54, 1.807) is 12.3 Å². The first-order valence-corrected chi connectivity index (χ1v) is 9.93. The monoisotopic (exact) mass is 412 g/mol. The molecule has 150 valence electrons. The van der Waals surface area contributed by atoms with E-state index in [-0.39, 0.29) is 22.4 Å². The number of nitrogens with one attached hydrogen (secondary N) is 1. The van der Waals surface area contributed by atoms with Gasteiger partial charge in [0.2, 0.25) is 0 Å². The van der Waals surface area contributed by atoms with Crippen molar-refractivity contribution in [1.82, 2.24) is 15.1 Å². The molecule has 0 radical (unpaired) electrons. The number of halogens is 2. The number of piperazine rings is 1. The molecule has 3 aromatic rings. The maximum atomic E-state index is 13.5. The Morgan fingerprint density at radius 3 is 2.76 bits per heavy atom. The molecule has 1 fully saturated rings. The van der Waals surface area contributed by atoms with Crippen LogP contribution in [-0.4, -0.2) is 34.7 Å². The van der Waals surface area contributed by atoms with Gasteiger partial charge in [0.25, 0.3) is 5.56 Å². The predicted octanol–water partition coefficient (Wildman–Crippen LogP) is 3.93. The third kappa shape index (κ3) is 4.18. The van der Waals surface area contributed by atoms with Crippen molar-refractivity contribution in [3.05, 3.63) is 92.6 Å². The molecule has 29 heavy (non-hydrogen) atoms. The van der Waals surface area contributed by atoms with Crippen LogP contribution in [0.25, 0.3) is 0 Å². The predicted molar refractivity (Wildman–Crippen MR) is 113 cm³/mol. The lowest BCUT2D eigenvalue weighted by molar-refractivity contribution is 0.215. The SMILES string of the molecule is Cc1cc(F)ccc1CN1CCN(c2cn[nH]c(=O)c2Cl)C(c2ccccc2)C1. The van der Waals surface area contributed by atoms with Crippen LogP contribution in [0.2, 0.25) is 5.02 Å². The fourth-order valence-corrected chi connectivity index (χ4v) is 4.08. The van der Waals surface area contributed by atoms with Crippen molar-refractivity contribution in [3.63, 3.8) is 0 Å². The van der Waals surface area contributed by atoms with E-state index in [2.05, 4.69) is 32.1 Å². The van der Waals surface area contributed by atoms with Gasteiger partial charge in [-0.05, 0) is 35.7 Å². The molecule has 7 heteroatoms. The number of hydrogen-bond donors (Lipinski definition) is 1. The van der Waals surface area contributed by atoms with Crippen molar-refractivity contribution in [2.24, 2.45) is 0 Å². The van der Waals surface area contributed by atoms with Gasteiger partial charge in [0.1, 0.15) is 10.8 Å². The maximum Gasteiger partial charge on any atom is 0.285 e. The summed E-state index contributed by atoms with van der Waals surface area (Å²) in [6.45, 7) is 4.92. The smallest absolute Gasteiger partial charge is 0.285 e. The quantitative estimate of drug-likeness (QED) is 0.705. The summed E-state index contributed by atoms with van der Waals surface area (Å²) in [4.78, 5) is 16.5. The fraction of sp³-hybridized carbons (Fsp3) is 0.273. The normalized spacial score (nSPS) is 17.5. The van der Waals surface area contributed by atoms with Gasteiger partial charge >= 0.3 is 0 Å². The van der Waals surface area contributed by atoms with Crippen LogP contribution in [0.3, 0.4) is 0 Å². The van der Waals surface area contributed by atoms with E-state index in [9.17, 15) is 9.18 Å². The minimum Gasteiger partial charge on any atom is -0.359 e. The Morgan fingerprint density at radius 1 is 1.21 bits per heavy atom. The number of aromatic amines is 1. The molecule has 0 bridgehead atoms. The van der Waals surface area contributed by atoms with Gasteiger partial charge in [0.05, 0.1) is 17.9 Å². The lowest BCUT2D eigenvalue weighted by Crippen LogP contribution is -2.48. The van der Waals surface area contributed by atoms with E-state index in [1.165, 1.54) is 6.07 Å². The minimum atomic E-state index is -0.389. The second kappa shape index (κ2) is 8.35. The average Bonchev–Trinajstić information content (AvgIpc) is 2.73. The molecule has 1 saturated heterocycles. The third-order valence-electron chi connectivity index (χ3n) is 5.43. The van der Waals surface area contributed by atoms with Crippen molar-refractivity contribution in [2.45, 2.75) is 19.5 Å². The summed E-state index contributed by atoms with van der Waals surface area (Å²) in [6, 6.07) is 15.1. The zero-order valence-electron chi connectivity index (χ0n) is 16.1. The first-order chi connectivity index (χ1) is 14.0. The molecule has 1 aliphatic heterocycles. The molecule has 0 aliphatic carbocycles. The summed E-state index contributed by atoms with van der Waals surface area (Å²) < 4.78 is 13.5. The van der Waals surface area contributed by atoms with Gasteiger partial charge in [0, 0.05) is 26.2 Å². The van der Waals surface area contributed by atoms with Crippen LogP contribution in [-0.2, 0) is 6.54 Å². The number of anilines is 1. The molecule has 1 aliphatic rings. The van der Waals surface area contributed by atoms with Crippen LogP contribution < -0.4 is 10.5 Å². The Hall–Kier alpha value is -2.70. The molecule has 0 amide bonds. The molecule has 2 heterocycles. The van der Waals surface area contributed by atoms with Crippen LogP contribution in [0, 0.1) is 12.7 Å². The number of aryl methyl sites for hydroxylation is 1. The first-order valence-electron chi connectivity index (χ1n) is 9.55. The summed E-state index contributed by atoms with van der Waals surface area (Å²) in [5.74, 6) is -0.213. The maximum absolute atomic E-state index is 13.5. The van der Waals surface area contributed by atoms with Gasteiger partial charge in [-0.25, -0.2) is 9.49 Å². The van der Waals surface area contributed by atoms with Crippen molar-refractivity contribution in [1.29, 1.82) is 0 Å². The van der Waals surface area contributed by atoms with Gasteiger partial charge < -0.3 is 4.90 Å². The molecule has 4 rings (SSSR count). The fourth-order valence-electron chi connectivity index (χ4n) is 3.88. The summed E-state index contributed by atoms with van der Waals surface area (Å²) in [7, 11) is 0. The third-order valence-corrected chi connectivity index (χ3v) is 5.80. The van der Waals surface area contributed by atoms with Crippen molar-refractivity contribution < 1.29 is 4.39 Å². The Morgan fingerprint density at radius 2 is 2.00 bits per heavy atom. The number of benzene rings is 2. The van der Waals surface area contributed by atoms with Crippen molar-refractivity contribution in [2.75, 3.05) is 24.5 Å². The van der Waals surface area contributed by atoms with Gasteiger partial charge in [0.15, 0.2) is 0 Å². The van der Waals surface area contributed by atoms with Crippen LogP contribution in [0.15, 0.2) is 59.5 Å². The van der Waals surface area contributed by atoms with E-state index in [0.29, 0.717) is 12.2 Å². The summed E-state index contributed by atoms with van der Waals surface area (Å²) in [5, 5.41) is 6.48. The molecule has 0 spiro atoms. The van der Waals surface area contributed by atoms with Gasteiger partial charge in [-0.3, -0.25) is 9.69 Å². The topological polar surface area (TPSA) is 52.2 Å². The lowest BCUT2D eigenvalue weighted by atomic mass is 10.0. The van der Waals surface area contributed by atoms with Crippen LogP contribution in [0.5, 0.6) is 0 Å². The first kappa shape index (κ1) is 19.6. The van der Waals surface area contributed by atoms with Crippen molar-refractivity contribution in [3.8, 4) is 0 Å². The Kier molecular flexibility index (Phi) is 5.65. The minimum absolute atomic E-state index is 0.0202. The Balaban J connectivity index is 1.64. The molecule has 1 atom stereocenters. The summed E-state index contributed by atoms with van der Waals surface area (Å²) in [5.41, 5.74) is 3.46. The largest absolute Gasteiger partial charge is 0.359 e. The Bertz CT molecular complexity index is 1060. The number of H-pyrrole nitrogens is 1. The molecule has 2 aromatic carbocycles. The number of hydrogen-bond acceptors (Lipinski definition) is 4. The number of nitrogens with zero attached hydrogens (tertiary/aromatic N) is 3. The van der Waals surface area contributed by atoms with E-state index >= 15 is 0 Å². The van der Waals surface area contributed by atoms with Gasteiger partial charge in [-0.15, -0.1) is 0 Å². The number of rotatable bonds is 4. The van der Waals surface area contributed by atoms with E-state index in [0.717, 1.165) is 36.3 Å². The van der Waals surface area contributed by atoms with E-state index < -0.39 is 0 Å². The highest BCUT2D eigenvalue weighted by atomic mass is 35.5. The van der Waals surface area contributed by atoms with E-state index in [4.69, 9.17) is 11.6 Å². The lowest BCUT2D eigenvalue weighted by Gasteiger charge is -2.43. The molecule has 1 N–H and O–H groups in total. The molecular formula is C22H22ClFN4O. The van der Waals surface area contributed by atoms with Crippen molar-refractivity contribution >= 4 is 17.3 Å². The van der Waals surface area contributed by atoms with Gasteiger partial charge in [-0.1, -0.05) is 48.0 Å².